The molecule has 2 aromatic heterocycles. The number of para-hydroxylation sites is 1. The molecule has 0 bridgehead atoms. The van der Waals surface area contributed by atoms with Crippen molar-refractivity contribution in [3.8, 4) is 11.5 Å². The van der Waals surface area contributed by atoms with E-state index in [2.05, 4.69) is 9.88 Å². The number of thiazole rings is 2. The Morgan fingerprint density at radius 2 is 1.77 bits per heavy atom. The van der Waals surface area contributed by atoms with Gasteiger partial charge in [0.25, 0.3) is 5.91 Å². The van der Waals surface area contributed by atoms with Crippen LogP contribution in [0.4, 0.5) is 5.13 Å². The van der Waals surface area contributed by atoms with Gasteiger partial charge in [-0.25, -0.2) is 9.97 Å². The molecule has 4 aromatic rings. The second kappa shape index (κ2) is 8.96. The molecule has 31 heavy (non-hydrogen) atoms. The van der Waals surface area contributed by atoms with E-state index in [0.717, 1.165) is 33.4 Å². The zero-order valence-electron chi connectivity index (χ0n) is 17.0. The van der Waals surface area contributed by atoms with Crippen LogP contribution in [0.3, 0.4) is 0 Å². The number of nitrogens with zero attached hydrogens (tertiary/aromatic N) is 4. The molecule has 0 fully saturated rings. The highest BCUT2D eigenvalue weighted by Gasteiger charge is 2.25. The maximum absolute atomic E-state index is 13.4. The molecule has 1 aliphatic heterocycles. The summed E-state index contributed by atoms with van der Waals surface area (Å²) in [5.74, 6) is 1.29. The van der Waals surface area contributed by atoms with E-state index in [1.165, 1.54) is 22.7 Å². The Balaban J connectivity index is 0.00000231. The van der Waals surface area contributed by atoms with Crippen molar-refractivity contribution in [3.63, 3.8) is 0 Å². The number of hydrogen-bond donors (Lipinski definition) is 0. The molecule has 10 heteroatoms. The van der Waals surface area contributed by atoms with Crippen LogP contribution in [0.25, 0.3) is 20.4 Å². The normalized spacial score (nSPS) is 12.5. The quantitative estimate of drug-likeness (QED) is 0.403. The van der Waals surface area contributed by atoms with Crippen LogP contribution in [-0.4, -0.2) is 54.8 Å². The largest absolute Gasteiger partial charge is 0.454 e. The van der Waals surface area contributed by atoms with Gasteiger partial charge in [0, 0.05) is 18.7 Å². The van der Waals surface area contributed by atoms with Crippen LogP contribution in [0.15, 0.2) is 36.4 Å². The molecule has 0 radical (unpaired) electrons. The number of benzene rings is 2. The van der Waals surface area contributed by atoms with E-state index in [4.69, 9.17) is 14.5 Å². The molecule has 1 aliphatic rings. The van der Waals surface area contributed by atoms with Crippen LogP contribution < -0.4 is 14.4 Å². The van der Waals surface area contributed by atoms with Crippen LogP contribution in [0.5, 0.6) is 11.5 Å². The van der Waals surface area contributed by atoms with Gasteiger partial charge >= 0.3 is 0 Å². The molecule has 7 nitrogen and oxygen atoms in total. The number of rotatable bonds is 6. The summed E-state index contributed by atoms with van der Waals surface area (Å²) in [5.41, 5.74) is 1.64. The monoisotopic (exact) mass is 476 g/mol. The first-order valence-electron chi connectivity index (χ1n) is 9.61. The molecule has 162 valence electrons. The summed E-state index contributed by atoms with van der Waals surface area (Å²) in [6.45, 7) is 1.68. The molecule has 0 aliphatic carbocycles. The molecular weight excluding hydrogens is 456 g/mol. The van der Waals surface area contributed by atoms with E-state index < -0.39 is 0 Å². The van der Waals surface area contributed by atoms with Crippen LogP contribution in [0.1, 0.15) is 16.2 Å². The second-order valence-electron chi connectivity index (χ2n) is 7.27. The van der Waals surface area contributed by atoms with Crippen molar-refractivity contribution in [1.29, 1.82) is 0 Å². The summed E-state index contributed by atoms with van der Waals surface area (Å²) in [4.78, 5) is 26.6. The Labute approximate surface area is 193 Å². The lowest BCUT2D eigenvalue weighted by Gasteiger charge is -2.19. The maximum atomic E-state index is 13.4. The van der Waals surface area contributed by atoms with Crippen molar-refractivity contribution < 1.29 is 14.3 Å². The van der Waals surface area contributed by atoms with E-state index in [9.17, 15) is 4.79 Å². The van der Waals surface area contributed by atoms with E-state index in [0.29, 0.717) is 28.2 Å². The second-order valence-corrected chi connectivity index (χ2v) is 9.31. The molecule has 3 heterocycles. The predicted octanol–water partition coefficient (Wildman–Crippen LogP) is 4.66. The van der Waals surface area contributed by atoms with Crippen LogP contribution in [0.2, 0.25) is 0 Å². The van der Waals surface area contributed by atoms with Gasteiger partial charge in [-0.2, -0.15) is 0 Å². The Bertz CT molecular complexity index is 1170. The van der Waals surface area contributed by atoms with Gasteiger partial charge in [-0.15, -0.1) is 23.7 Å². The van der Waals surface area contributed by atoms with Gasteiger partial charge in [0.2, 0.25) is 6.79 Å². The first-order valence-corrected chi connectivity index (χ1v) is 11.2. The number of ether oxygens (including phenoxy) is 2. The van der Waals surface area contributed by atoms with Crippen LogP contribution in [0, 0.1) is 0 Å². The molecular formula is C21H21ClN4O3S2. The van der Waals surface area contributed by atoms with Gasteiger partial charge in [0.05, 0.1) is 20.4 Å². The summed E-state index contributed by atoms with van der Waals surface area (Å²) >= 11 is 2.90. The number of aromatic nitrogens is 2. The number of anilines is 1. The first kappa shape index (κ1) is 21.8. The summed E-state index contributed by atoms with van der Waals surface area (Å²) in [5, 5.41) is 1.14. The fraction of sp³-hybridized carbons (Fsp3) is 0.286. The lowest BCUT2D eigenvalue weighted by molar-refractivity contribution is 0.0986. The van der Waals surface area contributed by atoms with Gasteiger partial charge in [-0.3, -0.25) is 9.69 Å². The molecule has 0 unspecified atom stereocenters. The Morgan fingerprint density at radius 1 is 1.00 bits per heavy atom. The smallest absolute Gasteiger partial charge is 0.289 e. The summed E-state index contributed by atoms with van der Waals surface area (Å²) in [7, 11) is 4.05. The third-order valence-corrected chi connectivity index (χ3v) is 6.88. The fourth-order valence-corrected chi connectivity index (χ4v) is 5.24. The lowest BCUT2D eigenvalue weighted by Crippen LogP contribution is -2.33. The lowest BCUT2D eigenvalue weighted by atomic mass is 10.3. The van der Waals surface area contributed by atoms with E-state index in [1.54, 1.807) is 4.90 Å². The summed E-state index contributed by atoms with van der Waals surface area (Å²) in [6.07, 6.45) is 0.836. The van der Waals surface area contributed by atoms with Gasteiger partial charge in [0.1, 0.15) is 0 Å². The van der Waals surface area contributed by atoms with E-state index in [1.807, 2.05) is 50.5 Å². The number of amides is 1. The van der Waals surface area contributed by atoms with Crippen molar-refractivity contribution in [3.05, 3.63) is 41.4 Å². The standard InChI is InChI=1S/C21H20N4O3S2.ClH/c1-24(2)8-5-9-25(20(26)19-22-13-6-3-4-7-17(13)29-19)21-23-14-10-15-16(28-12-27-15)11-18(14)30-21;/h3-4,6-7,10-11H,5,8-9,12H2,1-2H3;1H. The molecule has 2 aromatic carbocycles. The molecule has 0 saturated heterocycles. The molecule has 0 atom stereocenters. The van der Waals surface area contributed by atoms with Gasteiger partial charge < -0.3 is 14.4 Å². The Hall–Kier alpha value is -2.46. The van der Waals surface area contributed by atoms with E-state index >= 15 is 0 Å². The number of carbonyl (C=O) groups is 1. The molecule has 1 amide bonds. The molecule has 0 spiro atoms. The first-order chi connectivity index (χ1) is 14.6. The van der Waals surface area contributed by atoms with Gasteiger partial charge in [-0.05, 0) is 39.2 Å². The summed E-state index contributed by atoms with van der Waals surface area (Å²) in [6, 6.07) is 11.6. The van der Waals surface area contributed by atoms with Crippen molar-refractivity contribution in [2.75, 3.05) is 38.9 Å². The topological polar surface area (TPSA) is 67.8 Å². The zero-order valence-corrected chi connectivity index (χ0v) is 19.5. The van der Waals surface area contributed by atoms with Crippen LogP contribution >= 0.6 is 35.1 Å². The van der Waals surface area contributed by atoms with Crippen molar-refractivity contribution in [2.24, 2.45) is 0 Å². The Morgan fingerprint density at radius 3 is 2.55 bits per heavy atom. The number of carbonyl (C=O) groups excluding carboxylic acids is 1. The zero-order chi connectivity index (χ0) is 20.7. The van der Waals surface area contributed by atoms with E-state index in [-0.39, 0.29) is 25.1 Å². The molecule has 0 saturated carbocycles. The predicted molar refractivity (Wildman–Crippen MR) is 127 cm³/mol. The molecule has 5 rings (SSSR count). The number of halogens is 1. The van der Waals surface area contributed by atoms with Crippen molar-refractivity contribution in [2.45, 2.75) is 6.42 Å². The minimum Gasteiger partial charge on any atom is -0.454 e. The average Bonchev–Trinajstić information content (AvgIpc) is 3.45. The third-order valence-electron chi connectivity index (χ3n) is 4.81. The average molecular weight is 477 g/mol. The van der Waals surface area contributed by atoms with Gasteiger partial charge in [0.15, 0.2) is 21.6 Å². The highest BCUT2D eigenvalue weighted by molar-refractivity contribution is 7.23. The Kier molecular flexibility index (Phi) is 6.29. The minimum absolute atomic E-state index is 0. The van der Waals surface area contributed by atoms with Crippen molar-refractivity contribution >= 4 is 66.6 Å². The summed E-state index contributed by atoms with van der Waals surface area (Å²) < 4.78 is 12.9. The van der Waals surface area contributed by atoms with Crippen LogP contribution in [-0.2, 0) is 0 Å². The number of fused-ring (bicyclic) bond motifs is 3. The SMILES string of the molecule is CN(C)CCCN(C(=O)c1nc2ccccc2s1)c1nc2cc3c(cc2s1)OCO3.Cl. The fourth-order valence-electron chi connectivity index (χ4n) is 3.33. The van der Waals surface area contributed by atoms with Gasteiger partial charge in [-0.1, -0.05) is 23.5 Å². The molecule has 0 N–H and O–H groups in total. The number of hydrogen-bond acceptors (Lipinski definition) is 8. The minimum atomic E-state index is -0.117. The highest BCUT2D eigenvalue weighted by Crippen LogP contribution is 2.40. The maximum Gasteiger partial charge on any atom is 0.289 e. The van der Waals surface area contributed by atoms with Crippen molar-refractivity contribution in [1.82, 2.24) is 14.9 Å². The third kappa shape index (κ3) is 4.31. The highest BCUT2D eigenvalue weighted by atomic mass is 35.5.